The van der Waals surface area contributed by atoms with E-state index in [1.54, 1.807) is 7.05 Å². The number of nitrogens with one attached hydrogen (secondary N) is 1. The van der Waals surface area contributed by atoms with E-state index in [0.717, 1.165) is 11.3 Å². The predicted molar refractivity (Wildman–Crippen MR) is 80.2 cm³/mol. The quantitative estimate of drug-likeness (QED) is 0.804. The lowest BCUT2D eigenvalue weighted by atomic mass is 10.2. The molecule has 0 fully saturated rings. The first-order valence-corrected chi connectivity index (χ1v) is 7.14. The first-order valence-electron chi connectivity index (χ1n) is 7.14. The molecule has 1 aromatic rings. The third-order valence-corrected chi connectivity index (χ3v) is 3.24. The number of hydrogen-bond acceptors (Lipinski definition) is 5. The van der Waals surface area contributed by atoms with Gasteiger partial charge in [-0.25, -0.2) is 4.79 Å². The van der Waals surface area contributed by atoms with Gasteiger partial charge in [0.2, 0.25) is 0 Å². The van der Waals surface area contributed by atoms with Crippen LogP contribution in [0.2, 0.25) is 0 Å². The maximum absolute atomic E-state index is 12.0. The Morgan fingerprint density at radius 1 is 1.41 bits per heavy atom. The normalized spacial score (nSPS) is 14.3. The van der Waals surface area contributed by atoms with Gasteiger partial charge in [0.1, 0.15) is 13.2 Å². The average molecular weight is 310 g/mol. The number of nitrogens with zero attached hydrogens (tertiary/aromatic N) is 1. The van der Waals surface area contributed by atoms with E-state index in [1.165, 1.54) is 12.0 Å². The maximum atomic E-state index is 12.0. The summed E-state index contributed by atoms with van der Waals surface area (Å²) in [4.78, 5) is 13.4. The van der Waals surface area contributed by atoms with Gasteiger partial charge >= 0.3 is 6.03 Å². The third kappa shape index (κ3) is 4.51. The summed E-state index contributed by atoms with van der Waals surface area (Å²) in [7, 11) is 3.13. The van der Waals surface area contributed by atoms with Crippen LogP contribution in [0.4, 0.5) is 4.79 Å². The van der Waals surface area contributed by atoms with Gasteiger partial charge < -0.3 is 29.5 Å². The van der Waals surface area contributed by atoms with E-state index in [-0.39, 0.29) is 19.2 Å². The Labute approximate surface area is 129 Å². The highest BCUT2D eigenvalue weighted by atomic mass is 16.6. The van der Waals surface area contributed by atoms with Gasteiger partial charge in [-0.15, -0.1) is 0 Å². The van der Waals surface area contributed by atoms with Gasteiger partial charge in [0.05, 0.1) is 19.3 Å². The highest BCUT2D eigenvalue weighted by Gasteiger charge is 2.15. The highest BCUT2D eigenvalue weighted by molar-refractivity contribution is 5.73. The lowest BCUT2D eigenvalue weighted by molar-refractivity contribution is 0.0489. The Bertz CT molecular complexity index is 509. The van der Waals surface area contributed by atoms with Gasteiger partial charge in [-0.1, -0.05) is 6.07 Å². The molecule has 0 aliphatic carbocycles. The molecule has 22 heavy (non-hydrogen) atoms. The van der Waals surface area contributed by atoms with Crippen LogP contribution in [-0.4, -0.2) is 62.7 Å². The Hall–Kier alpha value is -1.99. The number of aliphatic hydroxyl groups is 1. The van der Waals surface area contributed by atoms with Crippen LogP contribution in [0.5, 0.6) is 11.5 Å². The first-order chi connectivity index (χ1) is 10.6. The molecular weight excluding hydrogens is 288 g/mol. The molecule has 7 nitrogen and oxygen atoms in total. The zero-order valence-electron chi connectivity index (χ0n) is 12.9. The standard InChI is InChI=1S/C15H22N2O5/c1-17(9-12(18)10-20-2)15(19)16-8-11-3-4-13-14(7-11)22-6-5-21-13/h3-4,7,12,18H,5-6,8-10H2,1-2H3,(H,16,19)/t12-/m1/s1. The molecule has 2 amide bonds. The third-order valence-electron chi connectivity index (χ3n) is 3.24. The minimum absolute atomic E-state index is 0.194. The summed E-state index contributed by atoms with van der Waals surface area (Å²) in [5.41, 5.74) is 0.920. The van der Waals surface area contributed by atoms with Crippen LogP contribution in [-0.2, 0) is 11.3 Å². The Kier molecular flexibility index (Phi) is 5.85. The Balaban J connectivity index is 1.83. The molecule has 1 heterocycles. The van der Waals surface area contributed by atoms with Crippen LogP contribution in [0.25, 0.3) is 0 Å². The number of benzene rings is 1. The van der Waals surface area contributed by atoms with E-state index in [9.17, 15) is 9.90 Å². The van der Waals surface area contributed by atoms with Gasteiger partial charge in [-0.3, -0.25) is 0 Å². The number of aliphatic hydroxyl groups excluding tert-OH is 1. The summed E-state index contributed by atoms with van der Waals surface area (Å²) in [6.07, 6.45) is -0.699. The zero-order chi connectivity index (χ0) is 15.9. The number of amides is 2. The van der Waals surface area contributed by atoms with Crippen LogP contribution in [0.15, 0.2) is 18.2 Å². The number of likely N-dealkylation sites (N-methyl/N-ethyl adjacent to an activating group) is 1. The van der Waals surface area contributed by atoms with Crippen molar-refractivity contribution in [3.8, 4) is 11.5 Å². The average Bonchev–Trinajstić information content (AvgIpc) is 2.52. The van der Waals surface area contributed by atoms with Crippen molar-refractivity contribution >= 4 is 6.03 Å². The zero-order valence-corrected chi connectivity index (χ0v) is 12.9. The van der Waals surface area contributed by atoms with Crippen molar-refractivity contribution < 1.29 is 24.1 Å². The summed E-state index contributed by atoms with van der Waals surface area (Å²) in [6, 6.07) is 5.31. The largest absolute Gasteiger partial charge is 0.486 e. The number of carbonyl (C=O) groups excluding carboxylic acids is 1. The molecule has 0 saturated carbocycles. The van der Waals surface area contributed by atoms with Gasteiger partial charge in [-0.2, -0.15) is 0 Å². The van der Waals surface area contributed by atoms with Gasteiger partial charge in [0.15, 0.2) is 11.5 Å². The Morgan fingerprint density at radius 3 is 2.86 bits per heavy atom. The molecule has 1 atom stereocenters. The summed E-state index contributed by atoms with van der Waals surface area (Å²) in [5.74, 6) is 1.42. The molecule has 0 bridgehead atoms. The van der Waals surface area contributed by atoms with E-state index < -0.39 is 6.10 Å². The molecule has 0 radical (unpaired) electrons. The number of methoxy groups -OCH3 is 1. The van der Waals surface area contributed by atoms with E-state index in [0.29, 0.717) is 25.5 Å². The van der Waals surface area contributed by atoms with Crippen molar-refractivity contribution in [3.05, 3.63) is 23.8 Å². The SMILES string of the molecule is COC[C@H](O)CN(C)C(=O)NCc1ccc2c(c1)OCCO2. The lowest BCUT2D eigenvalue weighted by Gasteiger charge is -2.21. The van der Waals surface area contributed by atoms with Crippen molar-refractivity contribution in [2.45, 2.75) is 12.6 Å². The second-order valence-corrected chi connectivity index (χ2v) is 5.13. The molecule has 1 aromatic carbocycles. The summed E-state index contributed by atoms with van der Waals surface area (Å²) >= 11 is 0. The molecule has 2 N–H and O–H groups in total. The van der Waals surface area contributed by atoms with Crippen molar-refractivity contribution in [1.82, 2.24) is 10.2 Å². The molecule has 2 rings (SSSR count). The van der Waals surface area contributed by atoms with Crippen molar-refractivity contribution in [1.29, 1.82) is 0 Å². The lowest BCUT2D eigenvalue weighted by Crippen LogP contribution is -2.42. The minimum Gasteiger partial charge on any atom is -0.486 e. The van der Waals surface area contributed by atoms with Gasteiger partial charge in [-0.05, 0) is 17.7 Å². The topological polar surface area (TPSA) is 80.3 Å². The number of carbonyl (C=O) groups is 1. The fraction of sp³-hybridized carbons (Fsp3) is 0.533. The minimum atomic E-state index is -0.699. The summed E-state index contributed by atoms with van der Waals surface area (Å²) in [5, 5.41) is 12.4. The van der Waals surface area contributed by atoms with Crippen molar-refractivity contribution in [2.75, 3.05) is 40.5 Å². The number of hydrogen-bond donors (Lipinski definition) is 2. The number of urea groups is 1. The van der Waals surface area contributed by atoms with Gasteiger partial charge in [0, 0.05) is 20.7 Å². The van der Waals surface area contributed by atoms with Crippen LogP contribution in [0.1, 0.15) is 5.56 Å². The van der Waals surface area contributed by atoms with E-state index in [4.69, 9.17) is 14.2 Å². The number of fused-ring (bicyclic) bond motifs is 1. The molecule has 1 aliphatic rings. The maximum Gasteiger partial charge on any atom is 0.317 e. The molecule has 0 aromatic heterocycles. The fourth-order valence-electron chi connectivity index (χ4n) is 2.15. The molecule has 0 spiro atoms. The molecule has 0 unspecified atom stereocenters. The second-order valence-electron chi connectivity index (χ2n) is 5.13. The van der Waals surface area contributed by atoms with Crippen LogP contribution in [0, 0.1) is 0 Å². The van der Waals surface area contributed by atoms with Crippen LogP contribution >= 0.6 is 0 Å². The van der Waals surface area contributed by atoms with Crippen molar-refractivity contribution in [2.24, 2.45) is 0 Å². The molecule has 7 heteroatoms. The van der Waals surface area contributed by atoms with E-state index >= 15 is 0 Å². The van der Waals surface area contributed by atoms with Gasteiger partial charge in [0.25, 0.3) is 0 Å². The Morgan fingerprint density at radius 2 is 2.14 bits per heavy atom. The first kappa shape index (κ1) is 16.4. The molecular formula is C15H22N2O5. The monoisotopic (exact) mass is 310 g/mol. The van der Waals surface area contributed by atoms with Crippen LogP contribution < -0.4 is 14.8 Å². The molecule has 1 aliphatic heterocycles. The smallest absolute Gasteiger partial charge is 0.317 e. The predicted octanol–water partition coefficient (Wildman–Crippen LogP) is 0.606. The van der Waals surface area contributed by atoms with E-state index in [1.807, 2.05) is 18.2 Å². The number of rotatable bonds is 6. The fourth-order valence-corrected chi connectivity index (χ4v) is 2.15. The van der Waals surface area contributed by atoms with E-state index in [2.05, 4.69) is 5.32 Å². The second kappa shape index (κ2) is 7.86. The van der Waals surface area contributed by atoms with Crippen LogP contribution in [0.3, 0.4) is 0 Å². The summed E-state index contributed by atoms with van der Waals surface area (Å²) in [6.45, 7) is 1.86. The highest BCUT2D eigenvalue weighted by Crippen LogP contribution is 2.30. The molecule has 0 saturated heterocycles. The van der Waals surface area contributed by atoms with Crippen molar-refractivity contribution in [3.63, 3.8) is 0 Å². The number of ether oxygens (including phenoxy) is 3. The molecule has 122 valence electrons. The summed E-state index contributed by atoms with van der Waals surface area (Å²) < 4.78 is 15.8.